The number of carbonyl (C=O) groups is 10. The second kappa shape index (κ2) is 43.1. The lowest BCUT2D eigenvalue weighted by molar-refractivity contribution is -0.210. The third-order valence-corrected chi connectivity index (χ3v) is 24.8. The van der Waals surface area contributed by atoms with E-state index in [1.54, 1.807) is 60.7 Å². The second-order valence-electron chi connectivity index (χ2n) is 23.0. The molecule has 0 saturated carbocycles. The molecule has 0 aromatic heterocycles. The first-order chi connectivity index (χ1) is 48.0. The van der Waals surface area contributed by atoms with Crippen molar-refractivity contribution >= 4 is 134 Å². The van der Waals surface area contributed by atoms with Gasteiger partial charge in [0.25, 0.3) is 0 Å². The van der Waals surface area contributed by atoms with Crippen LogP contribution in [0.5, 0.6) is 0 Å². The molecule has 0 fully saturated rings. The molecular formula is C70H82O25Si5. The average Bonchev–Trinajstić information content (AvgIpc) is 0.904. The largest absolute Gasteiger partial charge is 0.549 e. The lowest BCUT2D eigenvalue weighted by Crippen LogP contribution is -2.37. The molecule has 5 aromatic rings. The zero-order chi connectivity index (χ0) is 72.9. The van der Waals surface area contributed by atoms with Crippen molar-refractivity contribution in [2.24, 2.45) is 17.8 Å². The van der Waals surface area contributed by atoms with Gasteiger partial charge in [0.05, 0.1) is 108 Å². The lowest BCUT2D eigenvalue weighted by Gasteiger charge is -2.32. The Morgan fingerprint density at radius 2 is 0.470 bits per heavy atom. The summed E-state index contributed by atoms with van der Waals surface area (Å²) in [4.78, 5) is 179. The summed E-state index contributed by atoms with van der Waals surface area (Å²) in [7, 11) is -3.93. The topological polar surface area (TPSA) is 309 Å². The average molecular weight is 1460 g/mol. The van der Waals surface area contributed by atoms with Gasteiger partial charge in [-0.1, -0.05) is 143 Å². The van der Waals surface area contributed by atoms with Gasteiger partial charge in [-0.3, -0.25) is 0 Å². The molecule has 2 unspecified atom stereocenters. The van der Waals surface area contributed by atoms with Crippen LogP contribution in [0, 0.1) is 17.8 Å². The monoisotopic (exact) mass is 1460 g/mol. The summed E-state index contributed by atoms with van der Waals surface area (Å²) in [5, 5.41) is 11.2. The van der Waals surface area contributed by atoms with Crippen LogP contribution in [0.1, 0.15) is 134 Å². The van der Waals surface area contributed by atoms with E-state index in [0.29, 0.717) is 0 Å². The molecular weight excluding hydrogens is 1380 g/mol. The van der Waals surface area contributed by atoms with Crippen LogP contribution in [-0.2, 0) is 72.6 Å². The molecule has 0 amide bonds. The molecule has 0 spiro atoms. The molecule has 5 rings (SSSR count). The summed E-state index contributed by atoms with van der Waals surface area (Å²) in [5.41, 5.74) is 0.130. The quantitative estimate of drug-likeness (QED) is 0.0156. The van der Waals surface area contributed by atoms with Gasteiger partial charge in [-0.15, -0.1) is 0 Å². The first-order valence-electron chi connectivity index (χ1n) is 31.8. The van der Waals surface area contributed by atoms with Crippen molar-refractivity contribution in [3.8, 4) is 0 Å². The maximum atomic E-state index is 13.5. The van der Waals surface area contributed by atoms with E-state index in [2.05, 4.69) is 9.78 Å². The predicted molar refractivity (Wildman–Crippen MR) is 379 cm³/mol. The Labute approximate surface area is 590 Å². The Bertz CT molecular complexity index is 3560. The minimum absolute atomic E-state index is 0.00768. The number of rotatable bonds is 29. The van der Waals surface area contributed by atoms with Gasteiger partial charge in [-0.05, 0) is 143 Å². The van der Waals surface area contributed by atoms with Gasteiger partial charge < -0.3 is 23.7 Å². The van der Waals surface area contributed by atoms with Crippen LogP contribution in [0.15, 0.2) is 178 Å². The van der Waals surface area contributed by atoms with E-state index in [1.807, 2.05) is 99.6 Å². The second-order valence-corrected chi connectivity index (χ2v) is 34.4. The SMILES string of the molecule is C/C=C(\C)[SiH2]c1ccc(C(=O)OOC(=O)OCCC(COC(=O)OOC(=O)c2ccc([SiH2]/C(C)=C/C)cc2)C(COC(=O)OOC(=O)c2ccc([SiH2]/C(C)=C/C)cc2)C(CCOC(=O)OOC(=O)c2ccc([SiH2]/C(C)=C/C)cc2)COC(=O)OOC(=O)c2ccc([SiH2]/C(C)=C/C)cc2)cc1. The van der Waals surface area contributed by atoms with Crippen molar-refractivity contribution in [2.45, 2.75) is 82.1 Å². The highest BCUT2D eigenvalue weighted by atomic mass is 28.2. The van der Waals surface area contributed by atoms with E-state index in [-0.39, 0.29) is 27.8 Å². The Balaban J connectivity index is 1.44. The van der Waals surface area contributed by atoms with Crippen LogP contribution >= 0.6 is 0 Å². The molecule has 25 nitrogen and oxygen atoms in total. The number of benzene rings is 5. The van der Waals surface area contributed by atoms with E-state index in [0.717, 1.165) is 25.9 Å². The molecule has 0 saturated heterocycles. The van der Waals surface area contributed by atoms with Crippen LogP contribution in [0.4, 0.5) is 24.0 Å². The van der Waals surface area contributed by atoms with E-state index < -0.39 is 172 Å². The van der Waals surface area contributed by atoms with Crippen molar-refractivity contribution in [1.29, 1.82) is 0 Å². The van der Waals surface area contributed by atoms with Gasteiger partial charge in [-0.25, -0.2) is 72.8 Å². The fraction of sp³-hybridized carbons (Fsp3) is 0.286. The van der Waals surface area contributed by atoms with Crippen LogP contribution in [-0.4, -0.2) is 141 Å². The van der Waals surface area contributed by atoms with Crippen molar-refractivity contribution in [3.05, 3.63) is 206 Å². The Hall–Kier alpha value is -10.4. The van der Waals surface area contributed by atoms with E-state index in [1.165, 1.54) is 86.6 Å². The number of ether oxygens (including phenoxy) is 5. The standard InChI is InChI=1S/C70H82O25Si5/c1-11-43(6)96-55-26-16-48(17-27-55)61(71)86-91-66(76)81-38-36-53(40-83-68(78)93-88-63(73)50-20-30-57(31-21-50)98-45(8)13-3)60(42-85-70(80)95-90-65(75)52-24-34-59(35-25-52)100-47(10)15-5)54(41-84-69(79)94-89-64(74)51-22-32-58(33-23-51)99-46(9)14-4)37-39-82-67(77)92-87-62(72)49-18-28-56(29-19-49)97-44(7)12-2/h11-35,53-54,60H,36-42,96-100H2,1-10H3/b43-11+,44-12+,45-13+,46-14+,47-15+. The van der Waals surface area contributed by atoms with E-state index in [9.17, 15) is 47.9 Å². The van der Waals surface area contributed by atoms with Crippen molar-refractivity contribution < 1.29 is 121 Å². The summed E-state index contributed by atoms with van der Waals surface area (Å²) in [5.74, 6) is -9.38. The lowest BCUT2D eigenvalue weighted by atomic mass is 9.79. The summed E-state index contributed by atoms with van der Waals surface area (Å²) >= 11 is 0. The minimum atomic E-state index is -1.62. The number of carbonyl (C=O) groups excluding carboxylic acids is 10. The molecule has 0 bridgehead atoms. The van der Waals surface area contributed by atoms with E-state index >= 15 is 0 Å². The molecule has 100 heavy (non-hydrogen) atoms. The van der Waals surface area contributed by atoms with Gasteiger partial charge in [0.2, 0.25) is 0 Å². The first kappa shape index (κ1) is 80.3. The predicted octanol–water partition coefficient (Wildman–Crippen LogP) is 6.83. The zero-order valence-electron chi connectivity index (χ0n) is 57.4. The van der Waals surface area contributed by atoms with Crippen LogP contribution < -0.4 is 25.9 Å². The van der Waals surface area contributed by atoms with Gasteiger partial charge in [-0.2, -0.15) is 24.0 Å². The first-order valence-corrected chi connectivity index (χ1v) is 38.9. The summed E-state index contributed by atoms with van der Waals surface area (Å²) < 4.78 is 27.0. The molecule has 30 heteroatoms. The highest BCUT2D eigenvalue weighted by Gasteiger charge is 2.35. The number of allylic oxidation sites excluding steroid dienone is 10. The van der Waals surface area contributed by atoms with Crippen LogP contribution in [0.2, 0.25) is 0 Å². The van der Waals surface area contributed by atoms with Gasteiger partial charge in [0, 0.05) is 17.8 Å². The number of hydrogen-bond donors (Lipinski definition) is 0. The molecule has 0 aliphatic carbocycles. The molecule has 0 radical (unpaired) electrons. The summed E-state index contributed by atoms with van der Waals surface area (Å²) in [6.07, 6.45) is 1.23. The zero-order valence-corrected chi connectivity index (χ0v) is 64.4. The summed E-state index contributed by atoms with van der Waals surface area (Å²) in [6, 6.07) is 32.3. The van der Waals surface area contributed by atoms with Crippen molar-refractivity contribution in [1.82, 2.24) is 0 Å². The highest BCUT2D eigenvalue weighted by molar-refractivity contribution is 6.62. The molecule has 5 aromatic carbocycles. The Morgan fingerprint density at radius 3 is 0.670 bits per heavy atom. The third-order valence-electron chi connectivity index (χ3n) is 15.6. The number of hydrogen-bond acceptors (Lipinski definition) is 25. The van der Waals surface area contributed by atoms with Crippen molar-refractivity contribution in [2.75, 3.05) is 33.0 Å². The molecule has 0 aliphatic rings. The van der Waals surface area contributed by atoms with Gasteiger partial charge >= 0.3 is 60.6 Å². The molecule has 2 atom stereocenters. The highest BCUT2D eigenvalue weighted by Crippen LogP contribution is 2.30. The fourth-order valence-corrected chi connectivity index (χ4v) is 15.8. The maximum Gasteiger partial charge on any atom is 0.549 e. The minimum Gasteiger partial charge on any atom is -0.432 e. The fourth-order valence-electron chi connectivity index (χ4n) is 9.23. The Kier molecular flexibility index (Phi) is 34.6. The van der Waals surface area contributed by atoms with Gasteiger partial charge in [0.15, 0.2) is 0 Å². The third kappa shape index (κ3) is 29.3. The normalized spacial score (nSPS) is 13.2. The molecule has 532 valence electrons. The van der Waals surface area contributed by atoms with Crippen molar-refractivity contribution in [3.63, 3.8) is 0 Å². The van der Waals surface area contributed by atoms with E-state index in [4.69, 9.17) is 62.8 Å². The Morgan fingerprint density at radius 1 is 0.280 bits per heavy atom. The summed E-state index contributed by atoms with van der Waals surface area (Å²) in [6.45, 7) is 15.7. The molecule has 0 N–H and O–H groups in total. The van der Waals surface area contributed by atoms with Crippen LogP contribution in [0.3, 0.4) is 0 Å². The van der Waals surface area contributed by atoms with Gasteiger partial charge in [0.1, 0.15) is 0 Å². The molecule has 0 heterocycles. The molecule has 0 aliphatic heterocycles. The van der Waals surface area contributed by atoms with Crippen LogP contribution in [0.25, 0.3) is 0 Å². The smallest absolute Gasteiger partial charge is 0.432 e. The maximum absolute atomic E-state index is 13.5.